The minimum absolute atomic E-state index is 0.177. The van der Waals surface area contributed by atoms with E-state index in [0.29, 0.717) is 28.9 Å². The molecule has 1 amide bonds. The van der Waals surface area contributed by atoms with Crippen LogP contribution in [-0.4, -0.2) is 23.2 Å². The predicted molar refractivity (Wildman–Crippen MR) is 92.7 cm³/mol. The quantitative estimate of drug-likeness (QED) is 0.766. The van der Waals surface area contributed by atoms with Gasteiger partial charge in [0, 0.05) is 22.7 Å². The molecule has 0 saturated heterocycles. The number of hydrogen-bond donors (Lipinski definition) is 1. The zero-order valence-electron chi connectivity index (χ0n) is 13.7. The fourth-order valence-electron chi connectivity index (χ4n) is 2.50. The van der Waals surface area contributed by atoms with Gasteiger partial charge in [0.25, 0.3) is 5.91 Å². The largest absolute Gasteiger partial charge is 0.497 e. The van der Waals surface area contributed by atoms with Crippen LogP contribution in [0, 0.1) is 0 Å². The first-order chi connectivity index (χ1) is 12.2. The van der Waals surface area contributed by atoms with Gasteiger partial charge in [-0.15, -0.1) is 0 Å². The Labute approximate surface area is 144 Å². The van der Waals surface area contributed by atoms with Gasteiger partial charge in [-0.25, -0.2) is 0 Å². The first-order valence-electron chi connectivity index (χ1n) is 8.12. The third-order valence-electron chi connectivity index (χ3n) is 4.12. The van der Waals surface area contributed by atoms with Gasteiger partial charge in [-0.3, -0.25) is 4.79 Å². The highest BCUT2D eigenvalue weighted by Crippen LogP contribution is 2.39. The lowest BCUT2D eigenvalue weighted by atomic mass is 10.1. The van der Waals surface area contributed by atoms with Crippen molar-refractivity contribution in [3.05, 3.63) is 60.0 Å². The van der Waals surface area contributed by atoms with E-state index >= 15 is 0 Å². The van der Waals surface area contributed by atoms with E-state index in [-0.39, 0.29) is 5.91 Å². The first kappa shape index (κ1) is 15.4. The second-order valence-electron chi connectivity index (χ2n) is 5.99. The van der Waals surface area contributed by atoms with Gasteiger partial charge in [-0.05, 0) is 49.2 Å². The zero-order chi connectivity index (χ0) is 17.2. The Hall–Kier alpha value is -3.15. The van der Waals surface area contributed by atoms with Crippen molar-refractivity contribution in [2.75, 3.05) is 12.4 Å². The molecule has 0 radical (unpaired) electrons. The Balaban J connectivity index is 1.45. The number of carbonyl (C=O) groups excluding carboxylic acids is 1. The van der Waals surface area contributed by atoms with E-state index in [4.69, 9.17) is 9.26 Å². The Morgan fingerprint density at radius 1 is 1.12 bits per heavy atom. The van der Waals surface area contributed by atoms with Crippen LogP contribution in [0.25, 0.3) is 11.4 Å². The van der Waals surface area contributed by atoms with Crippen molar-refractivity contribution in [3.63, 3.8) is 0 Å². The molecule has 1 aromatic heterocycles. The van der Waals surface area contributed by atoms with Gasteiger partial charge in [-0.2, -0.15) is 4.98 Å². The van der Waals surface area contributed by atoms with Crippen LogP contribution in [0.4, 0.5) is 5.69 Å². The second kappa shape index (κ2) is 6.39. The van der Waals surface area contributed by atoms with Crippen molar-refractivity contribution >= 4 is 11.6 Å². The van der Waals surface area contributed by atoms with Crippen molar-refractivity contribution < 1.29 is 14.1 Å². The van der Waals surface area contributed by atoms with Crippen LogP contribution in [0.5, 0.6) is 5.75 Å². The monoisotopic (exact) mass is 335 g/mol. The standard InChI is InChI=1S/C19H17N3O3/c1-24-16-10-8-15(9-11-16)20-18(23)13-4-2-12(3-5-13)17-21-19(25-22-17)14-6-7-14/h2-5,8-11,14H,6-7H2,1H3,(H,20,23). The lowest BCUT2D eigenvalue weighted by molar-refractivity contribution is 0.102. The highest BCUT2D eigenvalue weighted by Gasteiger charge is 2.29. The molecule has 0 bridgehead atoms. The number of carbonyl (C=O) groups is 1. The normalized spacial score (nSPS) is 13.5. The zero-order valence-corrected chi connectivity index (χ0v) is 13.7. The number of ether oxygens (including phenoxy) is 1. The lowest BCUT2D eigenvalue weighted by Gasteiger charge is -2.06. The summed E-state index contributed by atoms with van der Waals surface area (Å²) in [5, 5.41) is 6.86. The van der Waals surface area contributed by atoms with E-state index in [1.165, 1.54) is 0 Å². The molecule has 1 aliphatic carbocycles. The third kappa shape index (κ3) is 3.38. The maximum absolute atomic E-state index is 12.3. The summed E-state index contributed by atoms with van der Waals surface area (Å²) in [4.78, 5) is 16.7. The van der Waals surface area contributed by atoms with E-state index in [1.807, 2.05) is 12.1 Å². The smallest absolute Gasteiger partial charge is 0.255 e. The van der Waals surface area contributed by atoms with Crippen LogP contribution in [0.3, 0.4) is 0 Å². The molecule has 1 saturated carbocycles. The van der Waals surface area contributed by atoms with Gasteiger partial charge in [0.15, 0.2) is 0 Å². The summed E-state index contributed by atoms with van der Waals surface area (Å²) in [6, 6.07) is 14.3. The fraction of sp³-hybridized carbons (Fsp3) is 0.211. The summed E-state index contributed by atoms with van der Waals surface area (Å²) in [5.41, 5.74) is 2.10. The summed E-state index contributed by atoms with van der Waals surface area (Å²) in [6.07, 6.45) is 2.23. The molecule has 0 spiro atoms. The topological polar surface area (TPSA) is 77.2 Å². The van der Waals surface area contributed by atoms with Crippen molar-refractivity contribution in [1.29, 1.82) is 0 Å². The number of methoxy groups -OCH3 is 1. The molecule has 0 atom stereocenters. The first-order valence-corrected chi connectivity index (χ1v) is 8.12. The van der Waals surface area contributed by atoms with Gasteiger partial charge in [0.1, 0.15) is 5.75 Å². The van der Waals surface area contributed by atoms with Crippen molar-refractivity contribution in [2.45, 2.75) is 18.8 Å². The van der Waals surface area contributed by atoms with E-state index in [1.54, 1.807) is 43.5 Å². The fourth-order valence-corrected chi connectivity index (χ4v) is 2.50. The number of nitrogens with one attached hydrogen (secondary N) is 1. The number of hydrogen-bond acceptors (Lipinski definition) is 5. The van der Waals surface area contributed by atoms with Crippen LogP contribution in [-0.2, 0) is 0 Å². The van der Waals surface area contributed by atoms with Crippen LogP contribution in [0.15, 0.2) is 53.1 Å². The molecule has 0 unspecified atom stereocenters. The molecule has 1 N–H and O–H groups in total. The van der Waals surface area contributed by atoms with Crippen molar-refractivity contribution in [1.82, 2.24) is 10.1 Å². The molecule has 1 fully saturated rings. The number of aromatic nitrogens is 2. The summed E-state index contributed by atoms with van der Waals surface area (Å²) >= 11 is 0. The molecule has 6 nitrogen and oxygen atoms in total. The SMILES string of the molecule is COc1ccc(NC(=O)c2ccc(-c3noc(C4CC4)n3)cc2)cc1. The molecule has 4 rings (SSSR count). The Bertz CT molecular complexity index is 881. The number of anilines is 1. The van der Waals surface area contributed by atoms with Crippen LogP contribution < -0.4 is 10.1 Å². The second-order valence-corrected chi connectivity index (χ2v) is 5.99. The Morgan fingerprint density at radius 2 is 1.84 bits per heavy atom. The van der Waals surface area contributed by atoms with Gasteiger partial charge >= 0.3 is 0 Å². The molecule has 3 aromatic rings. The highest BCUT2D eigenvalue weighted by atomic mass is 16.5. The number of amides is 1. The average Bonchev–Trinajstić information content (AvgIpc) is 3.39. The molecule has 2 aromatic carbocycles. The van der Waals surface area contributed by atoms with Crippen LogP contribution in [0.2, 0.25) is 0 Å². The summed E-state index contributed by atoms with van der Waals surface area (Å²) in [7, 11) is 1.60. The third-order valence-corrected chi connectivity index (χ3v) is 4.12. The van der Waals surface area contributed by atoms with Crippen molar-refractivity contribution in [2.24, 2.45) is 0 Å². The van der Waals surface area contributed by atoms with Crippen molar-refractivity contribution in [3.8, 4) is 17.1 Å². The molecule has 25 heavy (non-hydrogen) atoms. The van der Waals surface area contributed by atoms with Crippen LogP contribution >= 0.6 is 0 Å². The number of benzene rings is 2. The Kier molecular flexibility index (Phi) is 3.93. The maximum Gasteiger partial charge on any atom is 0.255 e. The molecule has 1 aliphatic rings. The van der Waals surface area contributed by atoms with Gasteiger partial charge < -0.3 is 14.6 Å². The van der Waals surface area contributed by atoms with Crippen LogP contribution in [0.1, 0.15) is 35.0 Å². The molecular weight excluding hydrogens is 318 g/mol. The number of nitrogens with zero attached hydrogens (tertiary/aromatic N) is 2. The maximum atomic E-state index is 12.3. The van der Waals surface area contributed by atoms with Gasteiger partial charge in [0.05, 0.1) is 7.11 Å². The summed E-state index contributed by atoms with van der Waals surface area (Å²) < 4.78 is 10.4. The Morgan fingerprint density at radius 3 is 2.48 bits per heavy atom. The lowest BCUT2D eigenvalue weighted by Crippen LogP contribution is -2.11. The summed E-state index contributed by atoms with van der Waals surface area (Å²) in [5.74, 6) is 2.26. The minimum atomic E-state index is -0.177. The summed E-state index contributed by atoms with van der Waals surface area (Å²) in [6.45, 7) is 0. The van der Waals surface area contributed by atoms with Gasteiger partial charge in [0.2, 0.25) is 11.7 Å². The molecular formula is C19H17N3O3. The van der Waals surface area contributed by atoms with E-state index in [0.717, 1.165) is 24.2 Å². The molecule has 126 valence electrons. The molecule has 0 aliphatic heterocycles. The highest BCUT2D eigenvalue weighted by molar-refractivity contribution is 6.04. The number of rotatable bonds is 5. The average molecular weight is 335 g/mol. The van der Waals surface area contributed by atoms with Gasteiger partial charge in [-0.1, -0.05) is 17.3 Å². The minimum Gasteiger partial charge on any atom is -0.497 e. The molecule has 6 heteroatoms. The van der Waals surface area contributed by atoms with E-state index in [2.05, 4.69) is 15.5 Å². The van der Waals surface area contributed by atoms with E-state index < -0.39 is 0 Å². The predicted octanol–water partition coefficient (Wildman–Crippen LogP) is 3.87. The van der Waals surface area contributed by atoms with E-state index in [9.17, 15) is 4.79 Å². The molecule has 1 heterocycles.